The van der Waals surface area contributed by atoms with Gasteiger partial charge < -0.3 is 4.74 Å². The third kappa shape index (κ3) is 3.42. The molecule has 2 atom stereocenters. The first-order chi connectivity index (χ1) is 9.05. The van der Waals surface area contributed by atoms with E-state index in [1.165, 1.54) is 6.42 Å². The molecule has 19 heavy (non-hydrogen) atoms. The first-order valence-electron chi connectivity index (χ1n) is 7.14. The number of aryl methyl sites for hydroxylation is 1. The molecule has 0 aliphatic heterocycles. The minimum Gasteiger partial charge on any atom is -0.367 e. The molecule has 0 aromatic carbocycles. The molecule has 1 aliphatic carbocycles. The van der Waals surface area contributed by atoms with Crippen LogP contribution in [0, 0.1) is 12.8 Å². The van der Waals surface area contributed by atoms with Crippen LogP contribution in [0.1, 0.15) is 50.2 Å². The van der Waals surface area contributed by atoms with Crippen molar-refractivity contribution in [2.75, 3.05) is 6.61 Å². The molecule has 0 saturated heterocycles. The van der Waals surface area contributed by atoms with Crippen molar-refractivity contribution in [3.05, 3.63) is 16.1 Å². The van der Waals surface area contributed by atoms with Crippen LogP contribution in [-0.2, 0) is 16.0 Å². The summed E-state index contributed by atoms with van der Waals surface area (Å²) in [4.78, 5) is 17.1. The molecule has 0 spiro atoms. The highest BCUT2D eigenvalue weighted by Crippen LogP contribution is 2.36. The summed E-state index contributed by atoms with van der Waals surface area (Å²) in [6, 6.07) is 0. The van der Waals surface area contributed by atoms with Crippen LogP contribution in [0.4, 0.5) is 0 Å². The summed E-state index contributed by atoms with van der Waals surface area (Å²) in [6.07, 6.45) is 4.44. The minimum atomic E-state index is -0.552. The van der Waals surface area contributed by atoms with Gasteiger partial charge in [-0.3, -0.25) is 4.79 Å². The van der Waals surface area contributed by atoms with E-state index in [1.807, 2.05) is 19.2 Å². The van der Waals surface area contributed by atoms with Crippen molar-refractivity contribution < 1.29 is 9.53 Å². The molecular weight excluding hydrogens is 258 g/mol. The molecule has 1 aliphatic rings. The summed E-state index contributed by atoms with van der Waals surface area (Å²) in [6.45, 7) is 6.77. The number of hydrogen-bond donors (Lipinski definition) is 0. The number of ether oxygens (including phenoxy) is 1. The Balaban J connectivity index is 2.11. The van der Waals surface area contributed by atoms with Crippen LogP contribution in [0.15, 0.2) is 5.38 Å². The number of Topliss-reactive ketones (excluding diaryl/α,β-unsaturated/α-hetero) is 1. The van der Waals surface area contributed by atoms with Crippen LogP contribution in [-0.4, -0.2) is 23.0 Å². The van der Waals surface area contributed by atoms with Crippen molar-refractivity contribution in [1.29, 1.82) is 0 Å². The predicted octanol–water partition coefficient (Wildman–Crippen LogP) is 3.55. The van der Waals surface area contributed by atoms with E-state index in [2.05, 4.69) is 11.9 Å². The van der Waals surface area contributed by atoms with Crippen molar-refractivity contribution in [1.82, 2.24) is 4.98 Å². The van der Waals surface area contributed by atoms with E-state index in [4.69, 9.17) is 4.74 Å². The quantitative estimate of drug-likeness (QED) is 0.828. The highest BCUT2D eigenvalue weighted by molar-refractivity contribution is 7.09. The zero-order valence-corrected chi connectivity index (χ0v) is 12.9. The second kappa shape index (κ2) is 6.14. The van der Waals surface area contributed by atoms with E-state index in [0.717, 1.165) is 30.0 Å². The molecule has 106 valence electrons. The van der Waals surface area contributed by atoms with Crippen molar-refractivity contribution in [2.24, 2.45) is 5.92 Å². The monoisotopic (exact) mass is 281 g/mol. The zero-order valence-electron chi connectivity index (χ0n) is 12.1. The standard InChI is InChI=1S/C15H23NO2S/c1-4-18-15(7-5-6-11(2)9-15)14(17)8-13-10-19-12(3)16-13/h10-11H,4-9H2,1-3H3. The van der Waals surface area contributed by atoms with Crippen LogP contribution in [0.3, 0.4) is 0 Å². The maximum absolute atomic E-state index is 12.7. The van der Waals surface area contributed by atoms with Gasteiger partial charge >= 0.3 is 0 Å². The van der Waals surface area contributed by atoms with Gasteiger partial charge in [-0.15, -0.1) is 11.3 Å². The Kier molecular flexibility index (Phi) is 4.74. The first-order valence-corrected chi connectivity index (χ1v) is 8.02. The fourth-order valence-electron chi connectivity index (χ4n) is 3.06. The van der Waals surface area contributed by atoms with Gasteiger partial charge in [-0.2, -0.15) is 0 Å². The maximum atomic E-state index is 12.7. The fraction of sp³-hybridized carbons (Fsp3) is 0.733. The normalized spacial score (nSPS) is 27.4. The molecule has 1 aromatic heterocycles. The van der Waals surface area contributed by atoms with Gasteiger partial charge in [0.05, 0.1) is 17.1 Å². The van der Waals surface area contributed by atoms with Crippen molar-refractivity contribution in [3.63, 3.8) is 0 Å². The van der Waals surface area contributed by atoms with E-state index in [-0.39, 0.29) is 5.78 Å². The van der Waals surface area contributed by atoms with E-state index in [1.54, 1.807) is 11.3 Å². The lowest BCUT2D eigenvalue weighted by Gasteiger charge is -2.38. The fourth-order valence-corrected chi connectivity index (χ4v) is 3.67. The van der Waals surface area contributed by atoms with Crippen LogP contribution in [0.2, 0.25) is 0 Å². The Hall–Kier alpha value is -0.740. The van der Waals surface area contributed by atoms with Crippen molar-refractivity contribution in [3.8, 4) is 0 Å². The Morgan fingerprint density at radius 1 is 1.63 bits per heavy atom. The largest absolute Gasteiger partial charge is 0.367 e. The summed E-state index contributed by atoms with van der Waals surface area (Å²) in [7, 11) is 0. The lowest BCUT2D eigenvalue weighted by molar-refractivity contribution is -0.150. The average Bonchev–Trinajstić information content (AvgIpc) is 2.75. The number of carbonyl (C=O) groups is 1. The number of carbonyl (C=O) groups excluding carboxylic acids is 1. The van der Waals surface area contributed by atoms with E-state index in [9.17, 15) is 4.79 Å². The number of hydrogen-bond acceptors (Lipinski definition) is 4. The third-order valence-electron chi connectivity index (χ3n) is 3.89. The number of ketones is 1. The SMILES string of the molecule is CCOC1(C(=O)Cc2csc(C)n2)CCCC(C)C1. The van der Waals surface area contributed by atoms with Gasteiger partial charge in [-0.25, -0.2) is 4.98 Å². The Bertz CT molecular complexity index is 439. The lowest BCUT2D eigenvalue weighted by atomic mass is 9.75. The predicted molar refractivity (Wildman–Crippen MR) is 77.6 cm³/mol. The van der Waals surface area contributed by atoms with Gasteiger partial charge in [0.25, 0.3) is 0 Å². The first kappa shape index (κ1) is 14.7. The minimum absolute atomic E-state index is 0.214. The topological polar surface area (TPSA) is 39.2 Å². The molecule has 1 heterocycles. The third-order valence-corrected chi connectivity index (χ3v) is 4.72. The number of aromatic nitrogens is 1. The van der Waals surface area contributed by atoms with E-state index in [0.29, 0.717) is 18.9 Å². The summed E-state index contributed by atoms with van der Waals surface area (Å²) in [5.41, 5.74) is 0.342. The van der Waals surface area contributed by atoms with Crippen LogP contribution in [0.25, 0.3) is 0 Å². The summed E-state index contributed by atoms with van der Waals surface area (Å²) >= 11 is 1.60. The molecule has 0 bridgehead atoms. The molecule has 0 amide bonds. The molecule has 2 unspecified atom stereocenters. The summed E-state index contributed by atoms with van der Waals surface area (Å²) in [5, 5.41) is 3.00. The lowest BCUT2D eigenvalue weighted by Crippen LogP contribution is -2.46. The molecule has 3 nitrogen and oxygen atoms in total. The Morgan fingerprint density at radius 2 is 2.42 bits per heavy atom. The van der Waals surface area contributed by atoms with Crippen LogP contribution in [0.5, 0.6) is 0 Å². The van der Waals surface area contributed by atoms with Gasteiger partial charge in [-0.05, 0) is 39.0 Å². The Morgan fingerprint density at radius 3 is 3.00 bits per heavy atom. The molecule has 4 heteroatoms. The highest BCUT2D eigenvalue weighted by Gasteiger charge is 2.42. The molecule has 1 aromatic rings. The molecule has 1 fully saturated rings. The van der Waals surface area contributed by atoms with Crippen molar-refractivity contribution >= 4 is 17.1 Å². The maximum Gasteiger partial charge on any atom is 0.170 e. The average molecular weight is 281 g/mol. The molecule has 2 rings (SSSR count). The molecule has 0 radical (unpaired) electrons. The van der Waals surface area contributed by atoms with Gasteiger partial charge in [-0.1, -0.05) is 13.3 Å². The molecule has 1 saturated carbocycles. The number of rotatable bonds is 5. The van der Waals surface area contributed by atoms with Crippen LogP contribution < -0.4 is 0 Å². The van der Waals surface area contributed by atoms with Crippen LogP contribution >= 0.6 is 11.3 Å². The summed E-state index contributed by atoms with van der Waals surface area (Å²) < 4.78 is 5.91. The number of nitrogens with zero attached hydrogens (tertiary/aromatic N) is 1. The second-order valence-corrected chi connectivity index (χ2v) is 6.65. The second-order valence-electron chi connectivity index (χ2n) is 5.59. The van der Waals surface area contributed by atoms with Gasteiger partial charge in [0, 0.05) is 12.0 Å². The van der Waals surface area contributed by atoms with E-state index >= 15 is 0 Å². The van der Waals surface area contributed by atoms with Crippen molar-refractivity contribution in [2.45, 2.75) is 58.5 Å². The summed E-state index contributed by atoms with van der Waals surface area (Å²) in [5.74, 6) is 0.785. The smallest absolute Gasteiger partial charge is 0.170 e. The van der Waals surface area contributed by atoms with E-state index < -0.39 is 5.60 Å². The Labute approximate surface area is 119 Å². The van der Waals surface area contributed by atoms with Gasteiger partial charge in [0.15, 0.2) is 5.78 Å². The van der Waals surface area contributed by atoms with Gasteiger partial charge in [0.2, 0.25) is 0 Å². The highest BCUT2D eigenvalue weighted by atomic mass is 32.1. The molecule has 0 N–H and O–H groups in total. The zero-order chi connectivity index (χ0) is 13.9. The number of thiazole rings is 1. The molecular formula is C15H23NO2S. The van der Waals surface area contributed by atoms with Gasteiger partial charge in [0.1, 0.15) is 5.60 Å².